The highest BCUT2D eigenvalue weighted by atomic mass is 16.2. The maximum absolute atomic E-state index is 12.5. The topological polar surface area (TPSA) is 48.5 Å². The third kappa shape index (κ3) is 4.44. The summed E-state index contributed by atoms with van der Waals surface area (Å²) in [6, 6.07) is 5.35. The summed E-state index contributed by atoms with van der Waals surface area (Å²) in [4.78, 5) is 21.8. The van der Waals surface area contributed by atoms with Crippen LogP contribution in [0, 0.1) is 5.92 Å². The molecule has 1 aromatic rings. The van der Waals surface area contributed by atoms with Crippen molar-refractivity contribution in [3.05, 3.63) is 30.1 Å². The molecule has 5 nitrogen and oxygen atoms in total. The fourth-order valence-corrected chi connectivity index (χ4v) is 4.61. The Labute approximate surface area is 157 Å². The van der Waals surface area contributed by atoms with Gasteiger partial charge in [-0.1, -0.05) is 0 Å². The highest BCUT2D eigenvalue weighted by Gasteiger charge is 2.32. The molecule has 3 heterocycles. The molecule has 26 heavy (non-hydrogen) atoms. The van der Waals surface area contributed by atoms with Crippen molar-refractivity contribution < 1.29 is 4.79 Å². The molecular formula is C21H32N4O. The van der Waals surface area contributed by atoms with E-state index in [1.54, 1.807) is 0 Å². The van der Waals surface area contributed by atoms with E-state index in [4.69, 9.17) is 0 Å². The lowest BCUT2D eigenvalue weighted by atomic mass is 9.90. The molecule has 0 radical (unpaired) electrons. The van der Waals surface area contributed by atoms with Crippen LogP contribution in [0.15, 0.2) is 24.5 Å². The first-order valence-electron chi connectivity index (χ1n) is 10.4. The predicted octanol–water partition coefficient (Wildman–Crippen LogP) is 2.43. The van der Waals surface area contributed by atoms with E-state index in [2.05, 4.69) is 32.2 Å². The Balaban J connectivity index is 1.24. The number of hydrogen-bond acceptors (Lipinski definition) is 4. The molecule has 0 bridgehead atoms. The van der Waals surface area contributed by atoms with E-state index in [0.29, 0.717) is 18.0 Å². The summed E-state index contributed by atoms with van der Waals surface area (Å²) in [5.74, 6) is 0.522. The molecule has 0 spiro atoms. The molecule has 142 valence electrons. The van der Waals surface area contributed by atoms with Crippen molar-refractivity contribution >= 4 is 5.91 Å². The molecule has 2 aliphatic heterocycles. The van der Waals surface area contributed by atoms with Crippen LogP contribution in [0.4, 0.5) is 0 Å². The number of amides is 1. The van der Waals surface area contributed by atoms with Gasteiger partial charge in [-0.05, 0) is 82.3 Å². The predicted molar refractivity (Wildman–Crippen MR) is 103 cm³/mol. The number of carbonyl (C=O) groups is 1. The number of rotatable bonds is 5. The van der Waals surface area contributed by atoms with Crippen LogP contribution < -0.4 is 5.32 Å². The minimum atomic E-state index is 0.208. The molecular weight excluding hydrogens is 324 g/mol. The number of pyridine rings is 1. The second-order valence-electron chi connectivity index (χ2n) is 8.33. The summed E-state index contributed by atoms with van der Waals surface area (Å²) < 4.78 is 0. The van der Waals surface area contributed by atoms with Crippen molar-refractivity contribution in [1.29, 1.82) is 0 Å². The Bertz CT molecular complexity index is 581. The van der Waals surface area contributed by atoms with Gasteiger partial charge in [0.15, 0.2) is 0 Å². The lowest BCUT2D eigenvalue weighted by Gasteiger charge is -2.42. The summed E-state index contributed by atoms with van der Waals surface area (Å²) in [5.41, 5.74) is 1.35. The Hall–Kier alpha value is -1.46. The molecule has 1 atom stereocenters. The first kappa shape index (κ1) is 17.9. The second-order valence-corrected chi connectivity index (χ2v) is 8.33. The molecule has 2 saturated heterocycles. The maximum Gasteiger partial charge on any atom is 0.224 e. The number of nitrogens with zero attached hydrogens (tertiary/aromatic N) is 3. The van der Waals surface area contributed by atoms with Crippen molar-refractivity contribution in [3.63, 3.8) is 0 Å². The number of aromatic nitrogens is 1. The van der Waals surface area contributed by atoms with Gasteiger partial charge in [0.25, 0.3) is 0 Å². The molecule has 1 aromatic heterocycles. The molecule has 4 rings (SSSR count). The van der Waals surface area contributed by atoms with Crippen LogP contribution in [0.1, 0.15) is 50.5 Å². The van der Waals surface area contributed by atoms with Crippen molar-refractivity contribution in [2.75, 3.05) is 26.2 Å². The Morgan fingerprint density at radius 1 is 1.04 bits per heavy atom. The first-order valence-corrected chi connectivity index (χ1v) is 10.4. The zero-order valence-corrected chi connectivity index (χ0v) is 15.8. The lowest BCUT2D eigenvalue weighted by Crippen LogP contribution is -2.52. The average Bonchev–Trinajstić information content (AvgIpc) is 2.66. The van der Waals surface area contributed by atoms with Crippen molar-refractivity contribution in [2.45, 2.75) is 63.6 Å². The highest BCUT2D eigenvalue weighted by molar-refractivity contribution is 5.79. The molecule has 1 unspecified atom stereocenters. The monoisotopic (exact) mass is 356 g/mol. The fourth-order valence-electron chi connectivity index (χ4n) is 4.61. The molecule has 0 aromatic carbocycles. The van der Waals surface area contributed by atoms with Gasteiger partial charge in [-0.25, -0.2) is 0 Å². The maximum atomic E-state index is 12.5. The Kier molecular flexibility index (Phi) is 5.85. The van der Waals surface area contributed by atoms with Crippen LogP contribution in [0.2, 0.25) is 0 Å². The number of piperidine rings is 2. The van der Waals surface area contributed by atoms with Gasteiger partial charge in [-0.15, -0.1) is 0 Å². The third-order valence-corrected chi connectivity index (χ3v) is 6.50. The smallest absolute Gasteiger partial charge is 0.224 e. The Morgan fingerprint density at radius 2 is 1.81 bits per heavy atom. The van der Waals surface area contributed by atoms with Gasteiger partial charge in [0, 0.05) is 37.6 Å². The SMILES string of the molecule is O=C(NC1CCC1)C1CCCN(C2CCN(Cc3ccncc3)CC2)C1. The van der Waals surface area contributed by atoms with Gasteiger partial charge < -0.3 is 5.32 Å². The summed E-state index contributed by atoms with van der Waals surface area (Å²) in [6.07, 6.45) is 12.1. The lowest BCUT2D eigenvalue weighted by molar-refractivity contribution is -0.128. The van der Waals surface area contributed by atoms with E-state index in [0.717, 1.165) is 32.6 Å². The first-order chi connectivity index (χ1) is 12.8. The minimum absolute atomic E-state index is 0.208. The zero-order valence-electron chi connectivity index (χ0n) is 15.8. The summed E-state index contributed by atoms with van der Waals surface area (Å²) >= 11 is 0. The normalized spacial score (nSPS) is 26.4. The van der Waals surface area contributed by atoms with Crippen molar-refractivity contribution in [1.82, 2.24) is 20.1 Å². The number of carbonyl (C=O) groups excluding carboxylic acids is 1. The zero-order chi connectivity index (χ0) is 17.8. The van der Waals surface area contributed by atoms with Gasteiger partial charge in [0.2, 0.25) is 5.91 Å². The van der Waals surface area contributed by atoms with Gasteiger partial charge in [-0.3, -0.25) is 19.6 Å². The van der Waals surface area contributed by atoms with E-state index in [1.165, 1.54) is 50.6 Å². The van der Waals surface area contributed by atoms with Crippen LogP contribution in [0.5, 0.6) is 0 Å². The second kappa shape index (κ2) is 8.49. The van der Waals surface area contributed by atoms with Gasteiger partial charge in [0.05, 0.1) is 5.92 Å². The van der Waals surface area contributed by atoms with Crippen molar-refractivity contribution in [3.8, 4) is 0 Å². The molecule has 5 heteroatoms. The van der Waals surface area contributed by atoms with Crippen LogP contribution in [0.3, 0.4) is 0 Å². The van der Waals surface area contributed by atoms with E-state index < -0.39 is 0 Å². The molecule has 3 fully saturated rings. The average molecular weight is 357 g/mol. The van der Waals surface area contributed by atoms with Gasteiger partial charge >= 0.3 is 0 Å². The van der Waals surface area contributed by atoms with Crippen LogP contribution in [-0.2, 0) is 11.3 Å². The quantitative estimate of drug-likeness (QED) is 0.880. The van der Waals surface area contributed by atoms with Crippen molar-refractivity contribution in [2.24, 2.45) is 5.92 Å². The fraction of sp³-hybridized carbons (Fsp3) is 0.714. The summed E-state index contributed by atoms with van der Waals surface area (Å²) in [7, 11) is 0. The molecule has 1 aliphatic carbocycles. The van der Waals surface area contributed by atoms with Crippen LogP contribution in [-0.4, -0.2) is 59.0 Å². The van der Waals surface area contributed by atoms with E-state index in [1.807, 2.05) is 12.4 Å². The minimum Gasteiger partial charge on any atom is -0.353 e. The molecule has 1 saturated carbocycles. The third-order valence-electron chi connectivity index (χ3n) is 6.50. The highest BCUT2D eigenvalue weighted by Crippen LogP contribution is 2.26. The summed E-state index contributed by atoms with van der Waals surface area (Å²) in [6.45, 7) is 5.47. The van der Waals surface area contributed by atoms with Gasteiger partial charge in [0.1, 0.15) is 0 Å². The van der Waals surface area contributed by atoms with Crippen LogP contribution >= 0.6 is 0 Å². The van der Waals surface area contributed by atoms with E-state index in [-0.39, 0.29) is 5.92 Å². The molecule has 3 aliphatic rings. The number of nitrogens with one attached hydrogen (secondary N) is 1. The van der Waals surface area contributed by atoms with E-state index >= 15 is 0 Å². The molecule has 1 amide bonds. The number of hydrogen-bond donors (Lipinski definition) is 1. The van der Waals surface area contributed by atoms with Crippen LogP contribution in [0.25, 0.3) is 0 Å². The summed E-state index contributed by atoms with van der Waals surface area (Å²) in [5, 5.41) is 3.26. The Morgan fingerprint density at radius 3 is 2.50 bits per heavy atom. The largest absolute Gasteiger partial charge is 0.353 e. The van der Waals surface area contributed by atoms with Gasteiger partial charge in [-0.2, -0.15) is 0 Å². The number of likely N-dealkylation sites (tertiary alicyclic amines) is 2. The van der Waals surface area contributed by atoms with E-state index in [9.17, 15) is 4.79 Å². The molecule has 1 N–H and O–H groups in total. The standard InChI is InChI=1S/C21H32N4O/c26-21(23-19-4-1-5-19)18-3-2-12-25(16-18)20-8-13-24(14-9-20)15-17-6-10-22-11-7-17/h6-7,10-11,18-20H,1-5,8-9,12-16H2,(H,23,26).